The summed E-state index contributed by atoms with van der Waals surface area (Å²) in [6, 6.07) is 16.7. The van der Waals surface area contributed by atoms with Crippen LogP contribution < -0.4 is 0 Å². The van der Waals surface area contributed by atoms with Gasteiger partial charge in [0.25, 0.3) is 11.8 Å². The molecule has 1 atom stereocenters. The van der Waals surface area contributed by atoms with Crippen molar-refractivity contribution in [1.82, 2.24) is 19.6 Å². The maximum absolute atomic E-state index is 15.2. The van der Waals surface area contributed by atoms with E-state index in [4.69, 9.17) is 0 Å². The Labute approximate surface area is 273 Å². The lowest BCUT2D eigenvalue weighted by Crippen LogP contribution is -2.35. The largest absolute Gasteiger partial charge is 0.416 e. The van der Waals surface area contributed by atoms with E-state index in [-0.39, 0.29) is 30.1 Å². The third kappa shape index (κ3) is 6.86. The smallest absolute Gasteiger partial charge is 0.332 e. The maximum atomic E-state index is 15.2. The van der Waals surface area contributed by atoms with Crippen LogP contribution >= 0.6 is 0 Å². The third-order valence-electron chi connectivity index (χ3n) is 9.09. The molecule has 2 aliphatic heterocycles. The lowest BCUT2D eigenvalue weighted by molar-refractivity contribution is -0.138. The summed E-state index contributed by atoms with van der Waals surface area (Å²) in [7, 11) is -3.85. The molecule has 4 aromatic rings. The van der Waals surface area contributed by atoms with Crippen LogP contribution in [-0.4, -0.2) is 72.3 Å². The molecule has 0 radical (unpaired) electrons. The second kappa shape index (κ2) is 12.7. The number of piperidine rings is 1. The topological polar surface area (TPSA) is 75.5 Å². The first kappa shape index (κ1) is 33.7. The van der Waals surface area contributed by atoms with Crippen LogP contribution in [0.1, 0.15) is 57.4 Å². The van der Waals surface area contributed by atoms with Gasteiger partial charge in [0.1, 0.15) is 5.82 Å². The molecule has 0 bridgehead atoms. The summed E-state index contributed by atoms with van der Waals surface area (Å²) in [6.45, 7) is -0.399. The fourth-order valence-corrected chi connectivity index (χ4v) is 7.29. The highest BCUT2D eigenvalue weighted by molar-refractivity contribution is 7.90. The number of likely N-dealkylation sites (tertiary alicyclic amines) is 2. The molecule has 48 heavy (non-hydrogen) atoms. The van der Waals surface area contributed by atoms with Crippen LogP contribution in [0.15, 0.2) is 83.9 Å². The van der Waals surface area contributed by atoms with Crippen LogP contribution in [0.4, 0.5) is 26.3 Å². The van der Waals surface area contributed by atoms with E-state index in [1.54, 1.807) is 30.3 Å². The molecular formula is C34H32F6N4O3S. The molecule has 1 aromatic heterocycles. The van der Waals surface area contributed by atoms with Gasteiger partial charge in [-0.25, -0.2) is 26.3 Å². The highest BCUT2D eigenvalue weighted by Gasteiger charge is 2.50. The quantitative estimate of drug-likeness (QED) is 0.202. The molecule has 0 spiro atoms. The highest BCUT2D eigenvalue weighted by Crippen LogP contribution is 2.42. The number of sulfone groups is 1. The van der Waals surface area contributed by atoms with E-state index in [2.05, 4.69) is 5.10 Å². The molecule has 0 aliphatic carbocycles. The Hall–Kier alpha value is -4.17. The Balaban J connectivity index is 1.26. The highest BCUT2D eigenvalue weighted by atomic mass is 32.2. The number of amides is 1. The summed E-state index contributed by atoms with van der Waals surface area (Å²) in [6.07, 6.45) is -1.78. The van der Waals surface area contributed by atoms with Gasteiger partial charge >= 0.3 is 6.18 Å². The van der Waals surface area contributed by atoms with E-state index in [0.29, 0.717) is 48.9 Å². The average Bonchev–Trinajstić information content (AvgIpc) is 3.62. The van der Waals surface area contributed by atoms with Crippen LogP contribution in [0.3, 0.4) is 0 Å². The second-order valence-corrected chi connectivity index (χ2v) is 14.4. The van der Waals surface area contributed by atoms with Crippen LogP contribution in [-0.2, 0) is 22.6 Å². The molecule has 0 saturated carbocycles. The van der Waals surface area contributed by atoms with Crippen molar-refractivity contribution in [3.63, 3.8) is 0 Å². The summed E-state index contributed by atoms with van der Waals surface area (Å²) in [4.78, 5) is 16.4. The number of carbonyl (C=O) groups is 1. The van der Waals surface area contributed by atoms with Crippen LogP contribution in [0.5, 0.6) is 0 Å². The molecule has 3 aromatic carbocycles. The van der Waals surface area contributed by atoms with E-state index >= 15 is 8.78 Å². The van der Waals surface area contributed by atoms with E-state index in [9.17, 15) is 30.8 Å². The van der Waals surface area contributed by atoms with Gasteiger partial charge in [-0.15, -0.1) is 0 Å². The molecule has 2 saturated heterocycles. The molecule has 7 nitrogen and oxygen atoms in total. The molecular weight excluding hydrogens is 658 g/mol. The van der Waals surface area contributed by atoms with E-state index in [1.807, 2.05) is 4.90 Å². The molecule has 1 unspecified atom stereocenters. The average molecular weight is 691 g/mol. The predicted octanol–water partition coefficient (Wildman–Crippen LogP) is 6.69. The molecule has 0 N–H and O–H groups in total. The Morgan fingerprint density at radius 1 is 0.979 bits per heavy atom. The van der Waals surface area contributed by atoms with Crippen LogP contribution in [0, 0.1) is 5.82 Å². The predicted molar refractivity (Wildman–Crippen MR) is 165 cm³/mol. The number of nitrogens with zero attached hydrogens (tertiary/aromatic N) is 4. The zero-order valence-corrected chi connectivity index (χ0v) is 26.6. The normalized spacial score (nSPS) is 19.1. The SMILES string of the molecule is CS(=O)(=O)c1ccc(CN2CCC(c3c(C(=O)N4CC(c5ccccc5)C(F)(F)C4)cnn3-c3ccc(F)cc3)CC2)c(C(F)(F)F)c1. The minimum absolute atomic E-state index is 0.0662. The lowest BCUT2D eigenvalue weighted by Gasteiger charge is -2.33. The summed E-state index contributed by atoms with van der Waals surface area (Å²) >= 11 is 0. The zero-order chi connectivity index (χ0) is 34.4. The summed E-state index contributed by atoms with van der Waals surface area (Å²) in [5.74, 6) is -5.76. The van der Waals surface area contributed by atoms with Gasteiger partial charge in [0.15, 0.2) is 9.84 Å². The minimum atomic E-state index is -4.77. The van der Waals surface area contributed by atoms with E-state index in [1.165, 1.54) is 41.2 Å². The van der Waals surface area contributed by atoms with Crippen molar-refractivity contribution in [3.8, 4) is 5.69 Å². The van der Waals surface area contributed by atoms with Gasteiger partial charge in [-0.05, 0) is 73.5 Å². The minimum Gasteiger partial charge on any atom is -0.332 e. The van der Waals surface area contributed by atoms with Crippen LogP contribution in [0.2, 0.25) is 0 Å². The fraction of sp³-hybridized carbons (Fsp3) is 0.353. The number of alkyl halides is 5. The van der Waals surface area contributed by atoms with Crippen LogP contribution in [0.25, 0.3) is 5.69 Å². The van der Waals surface area contributed by atoms with Gasteiger partial charge in [0, 0.05) is 25.3 Å². The van der Waals surface area contributed by atoms with Crippen molar-refractivity contribution in [2.45, 2.75) is 48.2 Å². The van der Waals surface area contributed by atoms with Crippen molar-refractivity contribution in [3.05, 3.63) is 113 Å². The van der Waals surface area contributed by atoms with Gasteiger partial charge in [0.2, 0.25) is 0 Å². The van der Waals surface area contributed by atoms with Gasteiger partial charge in [-0.3, -0.25) is 9.69 Å². The Morgan fingerprint density at radius 3 is 2.27 bits per heavy atom. The van der Waals surface area contributed by atoms with E-state index < -0.39 is 56.6 Å². The molecule has 1 amide bonds. The number of halogens is 6. The van der Waals surface area contributed by atoms with Crippen molar-refractivity contribution in [1.29, 1.82) is 0 Å². The van der Waals surface area contributed by atoms with Gasteiger partial charge in [-0.2, -0.15) is 18.3 Å². The first-order chi connectivity index (χ1) is 22.6. The first-order valence-corrected chi connectivity index (χ1v) is 17.2. The molecule has 2 aliphatic rings. The monoisotopic (exact) mass is 690 g/mol. The number of hydrogen-bond donors (Lipinski definition) is 0. The van der Waals surface area contributed by atoms with Gasteiger partial charge in [0.05, 0.1) is 46.1 Å². The second-order valence-electron chi connectivity index (χ2n) is 12.4. The third-order valence-corrected chi connectivity index (χ3v) is 10.2. The molecule has 2 fully saturated rings. The molecule has 3 heterocycles. The first-order valence-electron chi connectivity index (χ1n) is 15.3. The number of hydrogen-bond acceptors (Lipinski definition) is 5. The van der Waals surface area contributed by atoms with E-state index in [0.717, 1.165) is 17.2 Å². The maximum Gasteiger partial charge on any atom is 0.416 e. The Bertz CT molecular complexity index is 1910. The molecule has 6 rings (SSSR count). The van der Waals surface area contributed by atoms with Gasteiger partial charge in [-0.1, -0.05) is 36.4 Å². The molecule has 254 valence electrons. The Morgan fingerprint density at radius 2 is 1.65 bits per heavy atom. The van der Waals surface area contributed by atoms with Crippen molar-refractivity contribution in [2.24, 2.45) is 0 Å². The number of carbonyl (C=O) groups excluding carboxylic acids is 1. The number of rotatable bonds is 7. The molecule has 14 heteroatoms. The number of benzene rings is 3. The standard InChI is InChI=1S/C34H32F6N4O3S/c1-48(46,47)27-12-7-24(29(17-27)34(38,39)40)19-42-15-13-23(14-16-42)31-28(18-41-44(31)26-10-8-25(35)9-11-26)32(45)43-20-30(33(36,37)21-43)22-5-3-2-4-6-22/h2-12,17-18,23,30H,13-16,19-21H2,1H3. The van der Waals surface area contributed by atoms with Gasteiger partial charge < -0.3 is 4.90 Å². The van der Waals surface area contributed by atoms with Crippen molar-refractivity contribution >= 4 is 15.7 Å². The summed E-state index contributed by atoms with van der Waals surface area (Å²) in [5.41, 5.74) is 0.397. The van der Waals surface area contributed by atoms with Crippen molar-refractivity contribution < 1.29 is 39.6 Å². The summed E-state index contributed by atoms with van der Waals surface area (Å²) in [5, 5.41) is 4.42. The zero-order valence-electron chi connectivity index (χ0n) is 25.8. The van der Waals surface area contributed by atoms with Crippen molar-refractivity contribution in [2.75, 3.05) is 32.4 Å². The number of aromatic nitrogens is 2. The Kier molecular flexibility index (Phi) is 8.92. The lowest BCUT2D eigenvalue weighted by atomic mass is 9.90. The fourth-order valence-electron chi connectivity index (χ4n) is 6.64. The summed E-state index contributed by atoms with van der Waals surface area (Å²) < 4.78 is 111.